The summed E-state index contributed by atoms with van der Waals surface area (Å²) in [6.45, 7) is 6.52. The summed E-state index contributed by atoms with van der Waals surface area (Å²) in [5.74, 6) is 0.121. The molecule has 0 saturated carbocycles. The maximum absolute atomic E-state index is 15.8. The fraction of sp³-hybridized carbons (Fsp3) is 0.139. The largest absolute Gasteiger partial charge is 0.454 e. The maximum Gasteiger partial charge on any atom is 0.216 e. The molecule has 0 radical (unpaired) electrons. The second kappa shape index (κ2) is 8.78. The minimum Gasteiger partial charge on any atom is -0.454 e. The molecular formula is C36H29FNO+. The normalized spacial score (nSPS) is 11.9. The Hall–Kier alpha value is -4.50. The topological polar surface area (TPSA) is 17.0 Å². The van der Waals surface area contributed by atoms with Gasteiger partial charge in [0.1, 0.15) is 24.0 Å². The Morgan fingerprint density at radius 2 is 1.41 bits per heavy atom. The van der Waals surface area contributed by atoms with Crippen molar-refractivity contribution in [3.63, 3.8) is 0 Å². The van der Waals surface area contributed by atoms with Crippen LogP contribution in [-0.2, 0) is 7.05 Å². The first-order valence-electron chi connectivity index (χ1n) is 13.5. The summed E-state index contributed by atoms with van der Waals surface area (Å²) in [5, 5.41) is 6.35. The van der Waals surface area contributed by atoms with E-state index in [9.17, 15) is 0 Å². The van der Waals surface area contributed by atoms with E-state index in [4.69, 9.17) is 4.42 Å². The van der Waals surface area contributed by atoms with Crippen molar-refractivity contribution in [1.29, 1.82) is 0 Å². The molecule has 2 heterocycles. The summed E-state index contributed by atoms with van der Waals surface area (Å²) in [4.78, 5) is 0. The molecule has 0 aliphatic rings. The molecular weight excluding hydrogens is 481 g/mol. The minimum absolute atomic E-state index is 0.284. The third-order valence-electron chi connectivity index (χ3n) is 8.12. The number of rotatable bonds is 3. The van der Waals surface area contributed by atoms with Gasteiger partial charge in [0, 0.05) is 22.9 Å². The van der Waals surface area contributed by atoms with Crippen LogP contribution in [0.5, 0.6) is 0 Å². The average molecular weight is 511 g/mol. The molecule has 0 N–H and O–H groups in total. The number of nitrogens with zero attached hydrogens (tertiary/aromatic N) is 1. The molecule has 0 unspecified atom stereocenters. The Morgan fingerprint density at radius 1 is 0.692 bits per heavy atom. The highest BCUT2D eigenvalue weighted by molar-refractivity contribution is 6.17. The van der Waals surface area contributed by atoms with Crippen LogP contribution in [0, 0.1) is 12.7 Å². The number of aryl methyl sites for hydroxylation is 2. The number of halogens is 1. The maximum atomic E-state index is 15.8. The molecule has 0 aliphatic carbocycles. The van der Waals surface area contributed by atoms with Crippen molar-refractivity contribution >= 4 is 43.5 Å². The first kappa shape index (κ1) is 23.6. The van der Waals surface area contributed by atoms with Crippen LogP contribution in [0.1, 0.15) is 30.9 Å². The van der Waals surface area contributed by atoms with E-state index in [0.717, 1.165) is 54.9 Å². The quantitative estimate of drug-likeness (QED) is 0.171. The molecule has 2 nitrogen and oxygen atoms in total. The molecule has 3 heteroatoms. The predicted octanol–water partition coefficient (Wildman–Crippen LogP) is 9.62. The zero-order valence-electron chi connectivity index (χ0n) is 22.5. The van der Waals surface area contributed by atoms with Gasteiger partial charge >= 0.3 is 0 Å². The van der Waals surface area contributed by atoms with Crippen LogP contribution >= 0.6 is 0 Å². The molecule has 2 aromatic heterocycles. The van der Waals surface area contributed by atoms with Crippen LogP contribution in [0.4, 0.5) is 4.39 Å². The van der Waals surface area contributed by atoms with E-state index in [1.807, 2.05) is 30.3 Å². The SMILES string of the molecule is Cc1ccc2c(oc3c(-c4cccc5c4ccc4ccccc45)c(F)ccc32)c1-c1cc(C(C)C)cc[n+]1C. The molecule has 7 rings (SSSR count). The Balaban J connectivity index is 1.56. The third kappa shape index (κ3) is 3.57. The predicted molar refractivity (Wildman–Crippen MR) is 160 cm³/mol. The highest BCUT2D eigenvalue weighted by Gasteiger charge is 2.24. The third-order valence-corrected chi connectivity index (χ3v) is 8.12. The van der Waals surface area contributed by atoms with Crippen molar-refractivity contribution in [3.05, 3.63) is 114 Å². The van der Waals surface area contributed by atoms with Crippen LogP contribution in [0.25, 0.3) is 65.9 Å². The summed E-state index contributed by atoms with van der Waals surface area (Å²) in [6.07, 6.45) is 2.11. The number of furan rings is 1. The summed E-state index contributed by atoms with van der Waals surface area (Å²) >= 11 is 0. The van der Waals surface area contributed by atoms with Crippen molar-refractivity contribution in [2.75, 3.05) is 0 Å². The molecule has 5 aromatic carbocycles. The first-order chi connectivity index (χ1) is 18.9. The van der Waals surface area contributed by atoms with Crippen molar-refractivity contribution in [1.82, 2.24) is 0 Å². The fourth-order valence-corrected chi connectivity index (χ4v) is 6.00. The Bertz CT molecular complexity index is 2080. The smallest absolute Gasteiger partial charge is 0.216 e. The van der Waals surface area contributed by atoms with Crippen LogP contribution < -0.4 is 4.57 Å². The highest BCUT2D eigenvalue weighted by atomic mass is 19.1. The molecule has 0 aliphatic heterocycles. The molecule has 7 aromatic rings. The monoisotopic (exact) mass is 510 g/mol. The molecule has 0 bridgehead atoms. The van der Waals surface area contributed by atoms with Gasteiger partial charge in [-0.3, -0.25) is 0 Å². The van der Waals surface area contributed by atoms with Gasteiger partial charge in [-0.05, 0) is 63.2 Å². The van der Waals surface area contributed by atoms with E-state index >= 15 is 4.39 Å². The number of hydrogen-bond donors (Lipinski definition) is 0. The van der Waals surface area contributed by atoms with Crippen LogP contribution in [0.2, 0.25) is 0 Å². The van der Waals surface area contributed by atoms with E-state index in [1.54, 1.807) is 6.07 Å². The van der Waals surface area contributed by atoms with Gasteiger partial charge in [-0.1, -0.05) is 80.6 Å². The van der Waals surface area contributed by atoms with E-state index in [0.29, 0.717) is 17.1 Å². The van der Waals surface area contributed by atoms with Crippen LogP contribution in [0.3, 0.4) is 0 Å². The van der Waals surface area contributed by atoms with Gasteiger partial charge in [0.15, 0.2) is 6.20 Å². The molecule has 0 spiro atoms. The minimum atomic E-state index is -0.284. The van der Waals surface area contributed by atoms with Crippen LogP contribution in [-0.4, -0.2) is 0 Å². The van der Waals surface area contributed by atoms with Crippen LogP contribution in [0.15, 0.2) is 102 Å². The number of pyridine rings is 1. The highest BCUT2D eigenvalue weighted by Crippen LogP contribution is 2.43. The average Bonchev–Trinajstić information content (AvgIpc) is 3.31. The van der Waals surface area contributed by atoms with Gasteiger partial charge in [-0.15, -0.1) is 0 Å². The van der Waals surface area contributed by atoms with Gasteiger partial charge in [0.2, 0.25) is 5.69 Å². The van der Waals surface area contributed by atoms with Crippen molar-refractivity contribution in [2.24, 2.45) is 7.05 Å². The Kier molecular flexibility index (Phi) is 5.31. The van der Waals surface area contributed by atoms with Gasteiger partial charge in [0.25, 0.3) is 0 Å². The standard InChI is InChI=1S/C36H29FNO/c1-21(2)24-18-19-38(4)32(20-24)33-22(3)12-14-29-30-16-17-31(37)34(36(30)39-35(29)33)28-11-7-10-26-25-9-6-5-8-23(25)13-15-27(26)28/h5-21H,1-4H3/q+1. The number of benzene rings is 5. The zero-order chi connectivity index (χ0) is 26.8. The molecule has 0 amide bonds. The van der Waals surface area contributed by atoms with E-state index < -0.39 is 0 Å². The molecule has 39 heavy (non-hydrogen) atoms. The number of aromatic nitrogens is 1. The molecule has 190 valence electrons. The van der Waals surface area contributed by atoms with Crippen molar-refractivity contribution in [3.8, 4) is 22.4 Å². The second-order valence-corrected chi connectivity index (χ2v) is 10.8. The van der Waals surface area contributed by atoms with Gasteiger partial charge in [-0.25, -0.2) is 8.96 Å². The fourth-order valence-electron chi connectivity index (χ4n) is 6.00. The molecule has 0 fully saturated rings. The lowest BCUT2D eigenvalue weighted by Gasteiger charge is -2.11. The summed E-state index contributed by atoms with van der Waals surface area (Å²) in [5.41, 5.74) is 7.24. The summed E-state index contributed by atoms with van der Waals surface area (Å²) < 4.78 is 24.7. The molecule has 0 atom stereocenters. The Morgan fingerprint density at radius 3 is 2.23 bits per heavy atom. The van der Waals surface area contributed by atoms with Gasteiger partial charge in [0.05, 0.1) is 11.1 Å². The lowest BCUT2D eigenvalue weighted by Crippen LogP contribution is -2.31. The summed E-state index contributed by atoms with van der Waals surface area (Å²) in [7, 11) is 2.06. The second-order valence-electron chi connectivity index (χ2n) is 10.8. The number of fused-ring (bicyclic) bond motifs is 6. The first-order valence-corrected chi connectivity index (χ1v) is 13.5. The summed E-state index contributed by atoms with van der Waals surface area (Å²) in [6, 6.07) is 30.7. The molecule has 0 saturated heterocycles. The van der Waals surface area contributed by atoms with E-state index in [1.165, 1.54) is 10.9 Å². The van der Waals surface area contributed by atoms with Crippen molar-refractivity contribution < 1.29 is 13.4 Å². The van der Waals surface area contributed by atoms with Gasteiger partial charge < -0.3 is 4.42 Å². The zero-order valence-corrected chi connectivity index (χ0v) is 22.5. The lowest BCUT2D eigenvalue weighted by molar-refractivity contribution is -0.660. The van der Waals surface area contributed by atoms with Crippen molar-refractivity contribution in [2.45, 2.75) is 26.7 Å². The number of hydrogen-bond acceptors (Lipinski definition) is 1. The van der Waals surface area contributed by atoms with E-state index in [-0.39, 0.29) is 5.82 Å². The Labute approximate surface area is 226 Å². The van der Waals surface area contributed by atoms with Gasteiger partial charge in [-0.2, -0.15) is 0 Å². The lowest BCUT2D eigenvalue weighted by atomic mass is 9.93. The van der Waals surface area contributed by atoms with E-state index in [2.05, 4.69) is 93.2 Å².